The van der Waals surface area contributed by atoms with Crippen molar-refractivity contribution in [1.82, 2.24) is 0 Å². The van der Waals surface area contributed by atoms with Crippen molar-refractivity contribution in [3.8, 4) is 6.07 Å². The van der Waals surface area contributed by atoms with Gasteiger partial charge in [0.1, 0.15) is 0 Å². The fourth-order valence-electron chi connectivity index (χ4n) is 1.30. The topological polar surface area (TPSA) is 68.6 Å². The fourth-order valence-corrected chi connectivity index (χ4v) is 2.66. The number of unbranched alkanes of at least 4 members (excludes halogenated alkanes) is 2. The van der Waals surface area contributed by atoms with Crippen LogP contribution < -0.4 is 0 Å². The van der Waals surface area contributed by atoms with Gasteiger partial charge < -0.3 is 0 Å². The Morgan fingerprint density at radius 2 is 1.58 bits per heavy atom. The Balaban J connectivity index is 4.45. The molecule has 0 unspecified atom stereocenters. The molecule has 0 aromatic carbocycles. The molecular weight excluding hydrogens is 265 g/mol. The van der Waals surface area contributed by atoms with Gasteiger partial charge in [-0.1, -0.05) is 40.0 Å². The molecule has 1 atom stereocenters. The molecule has 0 saturated heterocycles. The average molecular weight is 291 g/mol. The van der Waals surface area contributed by atoms with Crippen LogP contribution in [0.5, 0.6) is 0 Å². The van der Waals surface area contributed by atoms with Gasteiger partial charge in [0.15, 0.2) is 6.10 Å². The molecule has 0 heterocycles. The third kappa shape index (κ3) is 9.18. The Kier molecular flexibility index (Phi) is 11.2. The molecule has 0 amide bonds. The first-order chi connectivity index (χ1) is 9.11. The lowest BCUT2D eigenvalue weighted by Gasteiger charge is -2.20. The zero-order chi connectivity index (χ0) is 14.6. The zero-order valence-corrected chi connectivity index (χ0v) is 13.2. The van der Waals surface area contributed by atoms with E-state index in [1.807, 2.05) is 26.8 Å². The van der Waals surface area contributed by atoms with Crippen LogP contribution in [-0.2, 0) is 18.1 Å². The van der Waals surface area contributed by atoms with Crippen molar-refractivity contribution >= 4 is 7.82 Å². The average Bonchev–Trinajstić information content (AvgIpc) is 2.39. The van der Waals surface area contributed by atoms with Gasteiger partial charge in [-0.05, 0) is 19.3 Å². The largest absolute Gasteiger partial charge is 0.476 e. The van der Waals surface area contributed by atoms with Gasteiger partial charge in [0.25, 0.3) is 0 Å². The van der Waals surface area contributed by atoms with Gasteiger partial charge in [-0.15, -0.1) is 0 Å². The lowest BCUT2D eigenvalue weighted by atomic mass is 10.2. The van der Waals surface area contributed by atoms with E-state index in [1.165, 1.54) is 0 Å². The highest BCUT2D eigenvalue weighted by Gasteiger charge is 2.30. The second-order valence-corrected chi connectivity index (χ2v) is 5.95. The second-order valence-electron chi connectivity index (χ2n) is 4.33. The van der Waals surface area contributed by atoms with Gasteiger partial charge in [-0.25, -0.2) is 4.57 Å². The van der Waals surface area contributed by atoms with E-state index in [9.17, 15) is 4.57 Å². The lowest BCUT2D eigenvalue weighted by Crippen LogP contribution is -2.12. The van der Waals surface area contributed by atoms with Crippen LogP contribution in [0.15, 0.2) is 0 Å². The highest BCUT2D eigenvalue weighted by molar-refractivity contribution is 7.48. The number of hydrogen-bond acceptors (Lipinski definition) is 5. The summed E-state index contributed by atoms with van der Waals surface area (Å²) in [6.45, 7) is 6.62. The number of nitrogens with zero attached hydrogens (tertiary/aromatic N) is 1. The van der Waals surface area contributed by atoms with Gasteiger partial charge in [0.2, 0.25) is 0 Å². The summed E-state index contributed by atoms with van der Waals surface area (Å²) < 4.78 is 28.2. The molecule has 0 aromatic rings. The minimum atomic E-state index is -3.60. The van der Waals surface area contributed by atoms with Crippen LogP contribution in [0, 0.1) is 11.3 Å². The van der Waals surface area contributed by atoms with Crippen LogP contribution in [0.4, 0.5) is 0 Å². The van der Waals surface area contributed by atoms with E-state index < -0.39 is 13.9 Å². The number of nitriles is 1. The summed E-state index contributed by atoms with van der Waals surface area (Å²) in [5, 5.41) is 8.96. The summed E-state index contributed by atoms with van der Waals surface area (Å²) in [4.78, 5) is 0. The minimum absolute atomic E-state index is 0.324. The Labute approximate surface area is 116 Å². The first-order valence-electron chi connectivity index (χ1n) is 7.09. The van der Waals surface area contributed by atoms with Gasteiger partial charge in [-0.2, -0.15) is 5.26 Å². The molecule has 0 aromatic heterocycles. The smallest absolute Gasteiger partial charge is 0.287 e. The van der Waals surface area contributed by atoms with Crippen molar-refractivity contribution in [3.05, 3.63) is 0 Å². The van der Waals surface area contributed by atoms with Crippen molar-refractivity contribution in [1.29, 1.82) is 5.26 Å². The molecular formula is C13H26NO4P. The molecule has 0 fully saturated rings. The third-order valence-corrected chi connectivity index (χ3v) is 3.96. The summed E-state index contributed by atoms with van der Waals surface area (Å²) in [5.74, 6) is 0. The molecule has 0 saturated carbocycles. The quantitative estimate of drug-likeness (QED) is 0.393. The maximum Gasteiger partial charge on any atom is 0.476 e. The maximum atomic E-state index is 12.4. The molecule has 0 spiro atoms. The molecule has 0 bridgehead atoms. The number of phosphoric ester groups is 1. The number of rotatable bonds is 12. The lowest BCUT2D eigenvalue weighted by molar-refractivity contribution is 0.0911. The van der Waals surface area contributed by atoms with Crippen molar-refractivity contribution in [2.75, 3.05) is 13.2 Å². The Morgan fingerprint density at radius 3 is 1.95 bits per heavy atom. The molecule has 0 aliphatic rings. The predicted octanol–water partition coefficient (Wildman–Crippen LogP) is 4.44. The van der Waals surface area contributed by atoms with Crippen LogP contribution in [0.1, 0.15) is 59.3 Å². The van der Waals surface area contributed by atoms with E-state index in [1.54, 1.807) is 0 Å². The minimum Gasteiger partial charge on any atom is -0.287 e. The summed E-state index contributed by atoms with van der Waals surface area (Å²) in [7, 11) is -3.60. The van der Waals surface area contributed by atoms with Crippen LogP contribution >= 0.6 is 7.82 Å². The van der Waals surface area contributed by atoms with E-state index in [2.05, 4.69) is 0 Å². The molecule has 112 valence electrons. The molecule has 19 heavy (non-hydrogen) atoms. The third-order valence-electron chi connectivity index (χ3n) is 2.45. The van der Waals surface area contributed by atoms with Gasteiger partial charge in [-0.3, -0.25) is 13.6 Å². The highest BCUT2D eigenvalue weighted by Crippen LogP contribution is 2.51. The normalized spacial score (nSPS) is 13.2. The van der Waals surface area contributed by atoms with Gasteiger partial charge in [0.05, 0.1) is 19.3 Å². The monoisotopic (exact) mass is 291 g/mol. The van der Waals surface area contributed by atoms with Crippen molar-refractivity contribution in [2.45, 2.75) is 65.4 Å². The maximum absolute atomic E-state index is 12.4. The van der Waals surface area contributed by atoms with E-state index in [-0.39, 0.29) is 0 Å². The summed E-state index contributed by atoms with van der Waals surface area (Å²) in [5.41, 5.74) is 0. The second kappa shape index (κ2) is 11.4. The number of phosphoric acid groups is 1. The first-order valence-corrected chi connectivity index (χ1v) is 8.55. The highest BCUT2D eigenvalue weighted by atomic mass is 31.2. The summed E-state index contributed by atoms with van der Waals surface area (Å²) in [6, 6.07) is 1.99. The molecule has 0 radical (unpaired) electrons. The van der Waals surface area contributed by atoms with Crippen molar-refractivity contribution in [3.63, 3.8) is 0 Å². The molecule has 0 aliphatic heterocycles. The zero-order valence-electron chi connectivity index (χ0n) is 12.3. The van der Waals surface area contributed by atoms with E-state index >= 15 is 0 Å². The van der Waals surface area contributed by atoms with Crippen LogP contribution in [0.2, 0.25) is 0 Å². The number of hydrogen-bond donors (Lipinski definition) is 0. The van der Waals surface area contributed by atoms with E-state index in [0.717, 1.165) is 32.1 Å². The van der Waals surface area contributed by atoms with Crippen LogP contribution in [0.3, 0.4) is 0 Å². The standard InChI is InChI=1S/C13H26NO4P/c1-4-7-10-16-19(15,17-11-8-5-2)18-13(12-14)9-6-3/h13H,4-11H2,1-3H3/t13-/m1/s1. The molecule has 0 N–H and O–H groups in total. The van der Waals surface area contributed by atoms with Gasteiger partial charge >= 0.3 is 7.82 Å². The summed E-state index contributed by atoms with van der Waals surface area (Å²) in [6.07, 6.45) is 4.01. The Morgan fingerprint density at radius 1 is 1.05 bits per heavy atom. The van der Waals surface area contributed by atoms with Crippen molar-refractivity contribution < 1.29 is 18.1 Å². The molecule has 6 heteroatoms. The first kappa shape index (κ1) is 18.6. The molecule has 5 nitrogen and oxygen atoms in total. The molecule has 0 rings (SSSR count). The Hall–Kier alpha value is -0.400. The predicted molar refractivity (Wildman–Crippen MR) is 74.7 cm³/mol. The Bertz CT molecular complexity index is 290. The van der Waals surface area contributed by atoms with E-state index in [4.69, 9.17) is 18.8 Å². The fraction of sp³-hybridized carbons (Fsp3) is 0.923. The van der Waals surface area contributed by atoms with Crippen LogP contribution in [-0.4, -0.2) is 19.3 Å². The summed E-state index contributed by atoms with van der Waals surface area (Å²) >= 11 is 0. The van der Waals surface area contributed by atoms with Crippen LogP contribution in [0.25, 0.3) is 0 Å². The molecule has 0 aliphatic carbocycles. The van der Waals surface area contributed by atoms with Crippen molar-refractivity contribution in [2.24, 2.45) is 0 Å². The van der Waals surface area contributed by atoms with Gasteiger partial charge in [0, 0.05) is 0 Å². The van der Waals surface area contributed by atoms with E-state index in [0.29, 0.717) is 19.6 Å². The SMILES string of the molecule is CCCCOP(=O)(OCCCC)O[C@@H](C#N)CCC.